The van der Waals surface area contributed by atoms with Crippen molar-refractivity contribution in [1.82, 2.24) is 29.5 Å². The fourth-order valence-electron chi connectivity index (χ4n) is 1.42. The van der Waals surface area contributed by atoms with E-state index in [9.17, 15) is 0 Å². The first-order valence-corrected chi connectivity index (χ1v) is 4.35. The Labute approximate surface area is 83.0 Å². The van der Waals surface area contributed by atoms with Crippen LogP contribution in [0.15, 0.2) is 6.33 Å². The van der Waals surface area contributed by atoms with Crippen molar-refractivity contribution < 1.29 is 0 Å². The third-order valence-corrected chi connectivity index (χ3v) is 2.30. The molecule has 0 aliphatic rings. The minimum atomic E-state index is 0.321. The summed E-state index contributed by atoms with van der Waals surface area (Å²) in [5.74, 6) is 0.703. The highest BCUT2D eigenvalue weighted by Crippen LogP contribution is 2.18. The van der Waals surface area contributed by atoms with Gasteiger partial charge in [0, 0.05) is 0 Å². The summed E-state index contributed by atoms with van der Waals surface area (Å²) in [5.41, 5.74) is 1.94. The van der Waals surface area contributed by atoms with Crippen LogP contribution in [-0.2, 0) is 0 Å². The maximum atomic E-state index is 5.96. The summed E-state index contributed by atoms with van der Waals surface area (Å²) in [6.07, 6.45) is 1.55. The van der Waals surface area contributed by atoms with Crippen LogP contribution < -0.4 is 0 Å². The molecule has 0 aliphatic heterocycles. The van der Waals surface area contributed by atoms with Crippen molar-refractivity contribution in [2.24, 2.45) is 0 Å². The van der Waals surface area contributed by atoms with Gasteiger partial charge in [0.15, 0.2) is 11.3 Å². The van der Waals surface area contributed by atoms with E-state index < -0.39 is 0 Å². The minimum absolute atomic E-state index is 0.321. The monoisotopic (exact) mass is 208 g/mol. The summed E-state index contributed by atoms with van der Waals surface area (Å²) < 4.78 is 1.67. The predicted octanol–water partition coefficient (Wildman–Crippen LogP) is 0.962. The lowest BCUT2D eigenvalue weighted by molar-refractivity contribution is 0.988. The van der Waals surface area contributed by atoms with Crippen molar-refractivity contribution in [3.8, 4) is 0 Å². The van der Waals surface area contributed by atoms with Crippen LogP contribution in [0.2, 0.25) is 5.28 Å². The Morgan fingerprint density at radius 3 is 3.14 bits per heavy atom. The van der Waals surface area contributed by atoms with E-state index in [-0.39, 0.29) is 0 Å². The number of aryl methyl sites for hydroxylation is 1. The summed E-state index contributed by atoms with van der Waals surface area (Å²) in [6.45, 7) is 1.82. The maximum Gasteiger partial charge on any atom is 0.212 e. The fourth-order valence-corrected chi connectivity index (χ4v) is 1.70. The van der Waals surface area contributed by atoms with Gasteiger partial charge in [-0.05, 0) is 18.5 Å². The molecule has 7 heteroatoms. The first-order valence-electron chi connectivity index (χ1n) is 3.97. The van der Waals surface area contributed by atoms with E-state index in [0.717, 1.165) is 5.52 Å². The molecule has 3 aromatic rings. The van der Waals surface area contributed by atoms with Gasteiger partial charge in [-0.25, -0.2) is 4.98 Å². The second-order valence-corrected chi connectivity index (χ2v) is 3.23. The number of nitrogens with zero attached hydrogens (tertiary/aromatic N) is 5. The normalized spacial score (nSPS) is 11.6. The van der Waals surface area contributed by atoms with Gasteiger partial charge in [-0.2, -0.15) is 4.98 Å². The van der Waals surface area contributed by atoms with E-state index in [0.29, 0.717) is 22.4 Å². The van der Waals surface area contributed by atoms with E-state index in [1.165, 1.54) is 0 Å². The SMILES string of the molecule is Cc1nnc2c3[nH]cnc3nc(Cl)n12. The third kappa shape index (κ3) is 0.805. The van der Waals surface area contributed by atoms with Crippen molar-refractivity contribution in [2.45, 2.75) is 6.92 Å². The van der Waals surface area contributed by atoms with E-state index in [1.54, 1.807) is 10.7 Å². The van der Waals surface area contributed by atoms with Gasteiger partial charge in [-0.1, -0.05) is 0 Å². The molecule has 0 fully saturated rings. The molecule has 6 nitrogen and oxygen atoms in total. The molecule has 0 atom stereocenters. The molecule has 0 amide bonds. The Balaban J connectivity index is 2.68. The molecule has 0 aromatic carbocycles. The smallest absolute Gasteiger partial charge is 0.212 e. The van der Waals surface area contributed by atoms with Crippen LogP contribution in [0.1, 0.15) is 5.82 Å². The molecule has 0 aliphatic carbocycles. The minimum Gasteiger partial charge on any atom is -0.340 e. The van der Waals surface area contributed by atoms with Crippen LogP contribution in [0.3, 0.4) is 0 Å². The molecular weight excluding hydrogens is 204 g/mol. The topological polar surface area (TPSA) is 71.8 Å². The zero-order valence-corrected chi connectivity index (χ0v) is 7.95. The number of fused-ring (bicyclic) bond motifs is 3. The van der Waals surface area contributed by atoms with Crippen LogP contribution in [0.25, 0.3) is 16.8 Å². The number of halogens is 1. The molecule has 0 radical (unpaired) electrons. The molecule has 0 saturated heterocycles. The van der Waals surface area contributed by atoms with Gasteiger partial charge in [0.05, 0.1) is 6.33 Å². The van der Waals surface area contributed by atoms with E-state index in [4.69, 9.17) is 11.6 Å². The van der Waals surface area contributed by atoms with E-state index >= 15 is 0 Å². The first kappa shape index (κ1) is 7.69. The average molecular weight is 209 g/mol. The van der Waals surface area contributed by atoms with Crippen LogP contribution in [0.5, 0.6) is 0 Å². The lowest BCUT2D eigenvalue weighted by atomic mass is 10.5. The van der Waals surface area contributed by atoms with Gasteiger partial charge >= 0.3 is 0 Å². The van der Waals surface area contributed by atoms with Crippen molar-refractivity contribution in [3.63, 3.8) is 0 Å². The number of aromatic amines is 1. The molecular formula is C7H5ClN6. The first-order chi connectivity index (χ1) is 6.77. The van der Waals surface area contributed by atoms with Crippen molar-refractivity contribution in [2.75, 3.05) is 0 Å². The highest BCUT2D eigenvalue weighted by molar-refractivity contribution is 6.29. The van der Waals surface area contributed by atoms with Crippen molar-refractivity contribution in [1.29, 1.82) is 0 Å². The molecule has 0 spiro atoms. The fraction of sp³-hybridized carbons (Fsp3) is 0.143. The van der Waals surface area contributed by atoms with Crippen LogP contribution in [0.4, 0.5) is 0 Å². The van der Waals surface area contributed by atoms with E-state index in [1.807, 2.05) is 6.92 Å². The summed E-state index contributed by atoms with van der Waals surface area (Å²) >= 11 is 5.96. The molecule has 3 rings (SSSR count). The Kier molecular flexibility index (Phi) is 1.33. The standard InChI is InChI=1S/C7H5ClN6/c1-3-12-13-6-4-5(10-2-9-4)11-7(8)14(3)6/h2H,1H3,(H,9,10). The number of H-pyrrole nitrogens is 1. The number of hydrogen-bond donors (Lipinski definition) is 1. The van der Waals surface area contributed by atoms with Crippen molar-refractivity contribution >= 4 is 28.4 Å². The zero-order chi connectivity index (χ0) is 9.71. The van der Waals surface area contributed by atoms with Crippen LogP contribution in [-0.4, -0.2) is 29.5 Å². The van der Waals surface area contributed by atoms with Gasteiger partial charge in [0.1, 0.15) is 11.3 Å². The Morgan fingerprint density at radius 2 is 2.29 bits per heavy atom. The number of rotatable bonds is 0. The number of nitrogens with one attached hydrogen (secondary N) is 1. The van der Waals surface area contributed by atoms with Gasteiger partial charge < -0.3 is 4.98 Å². The molecule has 0 bridgehead atoms. The number of hydrogen-bond acceptors (Lipinski definition) is 4. The van der Waals surface area contributed by atoms with Crippen LogP contribution >= 0.6 is 11.6 Å². The maximum absolute atomic E-state index is 5.96. The zero-order valence-electron chi connectivity index (χ0n) is 7.19. The second-order valence-electron chi connectivity index (χ2n) is 2.89. The summed E-state index contributed by atoms with van der Waals surface area (Å²) in [4.78, 5) is 11.1. The molecule has 3 heterocycles. The summed E-state index contributed by atoms with van der Waals surface area (Å²) in [5, 5.41) is 8.25. The second kappa shape index (κ2) is 2.42. The highest BCUT2D eigenvalue weighted by atomic mass is 35.5. The molecule has 3 aromatic heterocycles. The number of aromatic nitrogens is 6. The number of imidazole rings is 1. The molecule has 1 N–H and O–H groups in total. The molecule has 70 valence electrons. The molecule has 14 heavy (non-hydrogen) atoms. The van der Waals surface area contributed by atoms with Gasteiger partial charge in [0.25, 0.3) is 0 Å². The van der Waals surface area contributed by atoms with Crippen molar-refractivity contribution in [3.05, 3.63) is 17.4 Å². The lowest BCUT2D eigenvalue weighted by Crippen LogP contribution is -1.94. The Morgan fingerprint density at radius 1 is 1.43 bits per heavy atom. The predicted molar refractivity (Wildman–Crippen MR) is 50.2 cm³/mol. The van der Waals surface area contributed by atoms with Gasteiger partial charge in [0.2, 0.25) is 5.28 Å². The molecule has 0 saturated carbocycles. The summed E-state index contributed by atoms with van der Waals surface area (Å²) in [7, 11) is 0. The Bertz CT molecular complexity index is 623. The Hall–Kier alpha value is -1.69. The lowest BCUT2D eigenvalue weighted by Gasteiger charge is -1.97. The molecule has 0 unspecified atom stereocenters. The third-order valence-electron chi connectivity index (χ3n) is 2.05. The summed E-state index contributed by atoms with van der Waals surface area (Å²) in [6, 6.07) is 0. The highest BCUT2D eigenvalue weighted by Gasteiger charge is 2.12. The van der Waals surface area contributed by atoms with Crippen LogP contribution in [0, 0.1) is 6.92 Å². The quantitative estimate of drug-likeness (QED) is 0.559. The van der Waals surface area contributed by atoms with Gasteiger partial charge in [-0.15, -0.1) is 10.2 Å². The average Bonchev–Trinajstić information content (AvgIpc) is 2.71. The van der Waals surface area contributed by atoms with Gasteiger partial charge in [-0.3, -0.25) is 4.40 Å². The van der Waals surface area contributed by atoms with E-state index in [2.05, 4.69) is 25.1 Å². The largest absolute Gasteiger partial charge is 0.340 e.